The molecule has 2 rings (SSSR count). The van der Waals surface area contributed by atoms with E-state index in [0.29, 0.717) is 23.8 Å². The van der Waals surface area contributed by atoms with Crippen LogP contribution in [0.5, 0.6) is 11.5 Å². The Labute approximate surface area is 157 Å². The van der Waals surface area contributed by atoms with Crippen LogP contribution in [-0.4, -0.2) is 31.7 Å². The number of anilines is 1. The molecule has 0 heterocycles. The lowest BCUT2D eigenvalue weighted by Crippen LogP contribution is -2.30. The Morgan fingerprint density at radius 1 is 1.19 bits per heavy atom. The molecule has 0 saturated carbocycles. The first-order chi connectivity index (χ1) is 12.5. The fraction of sp³-hybridized carbons (Fsp3) is 0.263. The van der Waals surface area contributed by atoms with Gasteiger partial charge in [0.15, 0.2) is 17.6 Å². The third-order valence-corrected chi connectivity index (χ3v) is 3.73. The Kier molecular flexibility index (Phi) is 6.86. The second kappa shape index (κ2) is 9.10. The van der Waals surface area contributed by atoms with Crippen LogP contribution in [0, 0.1) is 0 Å². The van der Waals surface area contributed by atoms with Gasteiger partial charge in [-0.3, -0.25) is 4.79 Å². The third kappa shape index (κ3) is 4.89. The summed E-state index contributed by atoms with van der Waals surface area (Å²) in [5.41, 5.74) is 0.779. The quantitative estimate of drug-likeness (QED) is 0.740. The Morgan fingerprint density at radius 2 is 1.88 bits per heavy atom. The number of halogens is 1. The Morgan fingerprint density at radius 3 is 2.50 bits per heavy atom. The van der Waals surface area contributed by atoms with E-state index in [4.69, 9.17) is 25.8 Å². The topological polar surface area (TPSA) is 73.9 Å². The predicted octanol–water partition coefficient (Wildman–Crippen LogP) is 3.93. The van der Waals surface area contributed by atoms with E-state index in [9.17, 15) is 9.59 Å². The summed E-state index contributed by atoms with van der Waals surface area (Å²) in [7, 11) is 1.44. The van der Waals surface area contributed by atoms with E-state index in [0.717, 1.165) is 0 Å². The van der Waals surface area contributed by atoms with Gasteiger partial charge in [0.05, 0.1) is 24.3 Å². The predicted molar refractivity (Wildman–Crippen MR) is 99.1 cm³/mol. The zero-order valence-corrected chi connectivity index (χ0v) is 15.5. The van der Waals surface area contributed by atoms with Crippen LogP contribution < -0.4 is 14.8 Å². The number of nitrogens with one attached hydrogen (secondary N) is 1. The first-order valence-electron chi connectivity index (χ1n) is 8.03. The SMILES string of the molecule is CCOc1c(Cl)cc(C(=O)O[C@H](C)C(=O)Nc2ccccc2)cc1OC. The summed E-state index contributed by atoms with van der Waals surface area (Å²) < 4.78 is 15.8. The molecular weight excluding hydrogens is 358 g/mol. The minimum Gasteiger partial charge on any atom is -0.493 e. The van der Waals surface area contributed by atoms with E-state index in [1.165, 1.54) is 26.2 Å². The van der Waals surface area contributed by atoms with Crippen LogP contribution in [0.1, 0.15) is 24.2 Å². The standard InChI is InChI=1S/C19H20ClNO5/c1-4-25-17-15(20)10-13(11-16(17)24-3)19(23)26-12(2)18(22)21-14-8-6-5-7-9-14/h5-12H,4H2,1-3H3,(H,21,22)/t12-/m1/s1. The van der Waals surface area contributed by atoms with Crippen molar-refractivity contribution in [3.05, 3.63) is 53.1 Å². The van der Waals surface area contributed by atoms with Gasteiger partial charge < -0.3 is 19.5 Å². The normalized spacial score (nSPS) is 11.4. The van der Waals surface area contributed by atoms with Crippen LogP contribution in [0.25, 0.3) is 0 Å². The van der Waals surface area contributed by atoms with Crippen LogP contribution in [-0.2, 0) is 9.53 Å². The summed E-state index contributed by atoms with van der Waals surface area (Å²) in [4.78, 5) is 24.5. The van der Waals surface area contributed by atoms with Crippen LogP contribution in [0.15, 0.2) is 42.5 Å². The van der Waals surface area contributed by atoms with Gasteiger partial charge in [-0.25, -0.2) is 4.79 Å². The van der Waals surface area contributed by atoms with Gasteiger partial charge in [-0.15, -0.1) is 0 Å². The van der Waals surface area contributed by atoms with Crippen molar-refractivity contribution >= 4 is 29.2 Å². The molecule has 2 aromatic carbocycles. The number of hydrogen-bond donors (Lipinski definition) is 1. The summed E-state index contributed by atoms with van der Waals surface area (Å²) in [5, 5.41) is 2.89. The molecule has 0 saturated heterocycles. The van der Waals surface area contributed by atoms with Crippen LogP contribution in [0.4, 0.5) is 5.69 Å². The van der Waals surface area contributed by atoms with Crippen LogP contribution in [0.3, 0.4) is 0 Å². The van der Waals surface area contributed by atoms with Gasteiger partial charge in [0.2, 0.25) is 0 Å². The van der Waals surface area contributed by atoms with Gasteiger partial charge in [0, 0.05) is 5.69 Å². The number of ether oxygens (including phenoxy) is 3. The highest BCUT2D eigenvalue weighted by Crippen LogP contribution is 2.36. The highest BCUT2D eigenvalue weighted by molar-refractivity contribution is 6.32. The molecular formula is C19H20ClNO5. The van der Waals surface area contributed by atoms with Crippen molar-refractivity contribution in [3.63, 3.8) is 0 Å². The summed E-state index contributed by atoms with van der Waals surface area (Å²) in [5.74, 6) is -0.465. The molecule has 0 fully saturated rings. The first-order valence-corrected chi connectivity index (χ1v) is 8.41. The molecule has 1 amide bonds. The Balaban J connectivity index is 2.09. The van der Waals surface area contributed by atoms with Crippen molar-refractivity contribution in [2.24, 2.45) is 0 Å². The van der Waals surface area contributed by atoms with Crippen molar-refractivity contribution in [1.29, 1.82) is 0 Å². The second-order valence-electron chi connectivity index (χ2n) is 5.33. The van der Waals surface area contributed by atoms with Crippen molar-refractivity contribution in [1.82, 2.24) is 0 Å². The molecule has 138 valence electrons. The number of amides is 1. The van der Waals surface area contributed by atoms with E-state index in [1.807, 2.05) is 13.0 Å². The molecule has 0 spiro atoms. The molecule has 0 radical (unpaired) electrons. The number of benzene rings is 2. The van der Waals surface area contributed by atoms with Gasteiger partial charge in [-0.1, -0.05) is 29.8 Å². The minimum absolute atomic E-state index is 0.162. The lowest BCUT2D eigenvalue weighted by molar-refractivity contribution is -0.123. The smallest absolute Gasteiger partial charge is 0.339 e. The van der Waals surface area contributed by atoms with E-state index < -0.39 is 18.0 Å². The van der Waals surface area contributed by atoms with Gasteiger partial charge in [-0.05, 0) is 38.1 Å². The highest BCUT2D eigenvalue weighted by Gasteiger charge is 2.21. The van der Waals surface area contributed by atoms with Crippen molar-refractivity contribution in [2.75, 3.05) is 19.0 Å². The minimum atomic E-state index is -0.987. The molecule has 0 aromatic heterocycles. The molecule has 1 atom stereocenters. The average molecular weight is 378 g/mol. The fourth-order valence-corrected chi connectivity index (χ4v) is 2.43. The van der Waals surface area contributed by atoms with E-state index >= 15 is 0 Å². The summed E-state index contributed by atoms with van der Waals surface area (Å²) in [6.07, 6.45) is -0.987. The van der Waals surface area contributed by atoms with E-state index in [1.54, 1.807) is 24.3 Å². The summed E-state index contributed by atoms with van der Waals surface area (Å²) in [6, 6.07) is 11.8. The Bertz CT molecular complexity index is 779. The number of rotatable bonds is 7. The number of hydrogen-bond acceptors (Lipinski definition) is 5. The van der Waals surface area contributed by atoms with Gasteiger partial charge >= 0.3 is 5.97 Å². The van der Waals surface area contributed by atoms with E-state index in [2.05, 4.69) is 5.32 Å². The van der Waals surface area contributed by atoms with Crippen molar-refractivity contribution in [2.45, 2.75) is 20.0 Å². The number of carbonyl (C=O) groups is 2. The zero-order chi connectivity index (χ0) is 19.1. The van der Waals surface area contributed by atoms with Gasteiger partial charge in [-0.2, -0.15) is 0 Å². The van der Waals surface area contributed by atoms with Gasteiger partial charge in [0.1, 0.15) is 0 Å². The molecule has 0 aliphatic carbocycles. The van der Waals surface area contributed by atoms with Crippen LogP contribution >= 0.6 is 11.6 Å². The fourth-order valence-electron chi connectivity index (χ4n) is 2.17. The first kappa shape index (κ1) is 19.6. The zero-order valence-electron chi connectivity index (χ0n) is 14.7. The number of esters is 1. The van der Waals surface area contributed by atoms with Crippen molar-refractivity contribution in [3.8, 4) is 11.5 Å². The molecule has 26 heavy (non-hydrogen) atoms. The third-order valence-electron chi connectivity index (χ3n) is 3.45. The van der Waals surface area contributed by atoms with Crippen LogP contribution in [0.2, 0.25) is 5.02 Å². The molecule has 0 aliphatic heterocycles. The number of para-hydroxylation sites is 1. The molecule has 0 bridgehead atoms. The largest absolute Gasteiger partial charge is 0.493 e. The summed E-state index contributed by atoms with van der Waals surface area (Å²) >= 11 is 6.15. The Hall–Kier alpha value is -2.73. The molecule has 0 unspecified atom stereocenters. The lowest BCUT2D eigenvalue weighted by atomic mass is 10.2. The van der Waals surface area contributed by atoms with Gasteiger partial charge in [0.25, 0.3) is 5.91 Å². The van der Waals surface area contributed by atoms with E-state index in [-0.39, 0.29) is 10.6 Å². The molecule has 2 aromatic rings. The number of carbonyl (C=O) groups excluding carboxylic acids is 2. The summed E-state index contributed by atoms with van der Waals surface area (Å²) in [6.45, 7) is 3.70. The van der Waals surface area contributed by atoms with Crippen molar-refractivity contribution < 1.29 is 23.8 Å². The second-order valence-corrected chi connectivity index (χ2v) is 5.73. The lowest BCUT2D eigenvalue weighted by Gasteiger charge is -2.15. The average Bonchev–Trinajstić information content (AvgIpc) is 2.63. The molecule has 0 aliphatic rings. The maximum absolute atomic E-state index is 12.3. The molecule has 1 N–H and O–H groups in total. The maximum atomic E-state index is 12.3. The highest BCUT2D eigenvalue weighted by atomic mass is 35.5. The maximum Gasteiger partial charge on any atom is 0.339 e. The molecule has 6 nitrogen and oxygen atoms in total. The molecule has 7 heteroatoms. The number of methoxy groups -OCH3 is 1. The monoisotopic (exact) mass is 377 g/mol.